The van der Waals surface area contributed by atoms with Gasteiger partial charge in [-0.2, -0.15) is 5.26 Å². The molecule has 0 aromatic carbocycles. The molecule has 17 heavy (non-hydrogen) atoms. The fraction of sp³-hybridized carbons (Fsp3) is 0.933. The Morgan fingerprint density at radius 1 is 1.35 bits per heavy atom. The quantitative estimate of drug-likeness (QED) is 0.710. The Labute approximate surface area is 107 Å². The summed E-state index contributed by atoms with van der Waals surface area (Å²) in [6.07, 6.45) is 8.97. The predicted octanol–water partition coefficient (Wildman–Crippen LogP) is 3.87. The molecule has 0 bridgehead atoms. The summed E-state index contributed by atoms with van der Waals surface area (Å²) in [5, 5.41) is 12.6. The van der Waals surface area contributed by atoms with Crippen molar-refractivity contribution in [3.05, 3.63) is 0 Å². The van der Waals surface area contributed by atoms with Crippen molar-refractivity contribution < 1.29 is 0 Å². The third-order valence-electron chi connectivity index (χ3n) is 4.07. The molecular weight excluding hydrogens is 208 g/mol. The minimum atomic E-state index is -0.153. The Morgan fingerprint density at radius 3 is 2.76 bits per heavy atom. The van der Waals surface area contributed by atoms with Crippen LogP contribution in [0.25, 0.3) is 0 Å². The van der Waals surface area contributed by atoms with Crippen molar-refractivity contribution in [3.8, 4) is 6.07 Å². The molecule has 2 atom stereocenters. The van der Waals surface area contributed by atoms with Crippen molar-refractivity contribution in [2.75, 3.05) is 6.54 Å². The number of rotatable bonds is 6. The molecule has 2 nitrogen and oxygen atoms in total. The summed E-state index contributed by atoms with van der Waals surface area (Å²) in [6, 6.07) is 3.10. The lowest BCUT2D eigenvalue weighted by Gasteiger charge is -2.29. The summed E-state index contributed by atoms with van der Waals surface area (Å²) in [5.74, 6) is 0.941. The van der Waals surface area contributed by atoms with E-state index in [9.17, 15) is 0 Å². The molecule has 0 aliphatic heterocycles. The first-order chi connectivity index (χ1) is 8.07. The van der Waals surface area contributed by atoms with Crippen LogP contribution < -0.4 is 5.32 Å². The van der Waals surface area contributed by atoms with E-state index in [1.54, 1.807) is 0 Å². The van der Waals surface area contributed by atoms with Crippen LogP contribution in [0.3, 0.4) is 0 Å². The van der Waals surface area contributed by atoms with Crippen LogP contribution in [0.1, 0.15) is 65.7 Å². The first kappa shape index (κ1) is 14.5. The van der Waals surface area contributed by atoms with Gasteiger partial charge in [0.25, 0.3) is 0 Å². The van der Waals surface area contributed by atoms with Gasteiger partial charge in [-0.1, -0.05) is 26.2 Å². The predicted molar refractivity (Wildman–Crippen MR) is 72.7 cm³/mol. The first-order valence-electron chi connectivity index (χ1n) is 7.22. The average Bonchev–Trinajstić information content (AvgIpc) is 2.35. The molecule has 2 heteroatoms. The standard InChI is InChI=1S/C15H28N2/c1-4-13-7-5-8-14(11-13)17-10-6-9-15(2,3)12-16/h13-14,17H,4-11H2,1-3H3. The van der Waals surface area contributed by atoms with Gasteiger partial charge in [-0.25, -0.2) is 0 Å². The summed E-state index contributed by atoms with van der Waals surface area (Å²) in [5.41, 5.74) is -0.153. The van der Waals surface area contributed by atoms with E-state index in [1.165, 1.54) is 32.1 Å². The SMILES string of the molecule is CCC1CCCC(NCCCC(C)(C)C#N)C1. The Morgan fingerprint density at radius 2 is 2.12 bits per heavy atom. The van der Waals surface area contributed by atoms with Gasteiger partial charge >= 0.3 is 0 Å². The number of nitrogens with one attached hydrogen (secondary N) is 1. The van der Waals surface area contributed by atoms with Crippen LogP contribution in [0.2, 0.25) is 0 Å². The molecule has 0 radical (unpaired) electrons. The van der Waals surface area contributed by atoms with Gasteiger partial charge in [0.1, 0.15) is 0 Å². The van der Waals surface area contributed by atoms with E-state index in [1.807, 2.05) is 13.8 Å². The monoisotopic (exact) mass is 236 g/mol. The van der Waals surface area contributed by atoms with Crippen molar-refractivity contribution in [3.63, 3.8) is 0 Å². The Balaban J connectivity index is 2.12. The lowest BCUT2D eigenvalue weighted by molar-refractivity contribution is 0.276. The second kappa shape index (κ2) is 7.01. The smallest absolute Gasteiger partial charge is 0.0683 e. The largest absolute Gasteiger partial charge is 0.314 e. The summed E-state index contributed by atoms with van der Waals surface area (Å²) >= 11 is 0. The number of hydrogen-bond donors (Lipinski definition) is 1. The third kappa shape index (κ3) is 5.55. The minimum Gasteiger partial charge on any atom is -0.314 e. The molecule has 0 amide bonds. The van der Waals surface area contributed by atoms with Crippen molar-refractivity contribution in [2.45, 2.75) is 71.8 Å². The zero-order chi connectivity index (χ0) is 12.7. The van der Waals surface area contributed by atoms with Gasteiger partial charge in [0.2, 0.25) is 0 Å². The van der Waals surface area contributed by atoms with Crippen molar-refractivity contribution in [2.24, 2.45) is 11.3 Å². The van der Waals surface area contributed by atoms with E-state index >= 15 is 0 Å². The van der Waals surface area contributed by atoms with E-state index in [2.05, 4.69) is 18.3 Å². The second-order valence-corrected chi connectivity index (χ2v) is 6.19. The van der Waals surface area contributed by atoms with Crippen LogP contribution in [0.5, 0.6) is 0 Å². The molecule has 1 N–H and O–H groups in total. The van der Waals surface area contributed by atoms with Crippen molar-refractivity contribution in [1.82, 2.24) is 5.32 Å². The molecular formula is C15H28N2. The fourth-order valence-electron chi connectivity index (χ4n) is 2.74. The van der Waals surface area contributed by atoms with Crippen LogP contribution in [-0.2, 0) is 0 Å². The number of nitriles is 1. The van der Waals surface area contributed by atoms with Gasteiger partial charge in [-0.05, 0) is 52.0 Å². The highest BCUT2D eigenvalue weighted by molar-refractivity contribution is 4.91. The topological polar surface area (TPSA) is 35.8 Å². The highest BCUT2D eigenvalue weighted by atomic mass is 14.9. The minimum absolute atomic E-state index is 0.153. The zero-order valence-electron chi connectivity index (χ0n) is 11.8. The molecule has 0 aromatic heterocycles. The van der Waals surface area contributed by atoms with Gasteiger partial charge < -0.3 is 5.32 Å². The third-order valence-corrected chi connectivity index (χ3v) is 4.07. The Bertz CT molecular complexity index is 252. The second-order valence-electron chi connectivity index (χ2n) is 6.19. The molecule has 0 heterocycles. The van der Waals surface area contributed by atoms with Gasteiger partial charge in [-0.3, -0.25) is 0 Å². The lowest BCUT2D eigenvalue weighted by Crippen LogP contribution is -2.35. The summed E-state index contributed by atoms with van der Waals surface area (Å²) in [7, 11) is 0. The molecule has 1 rings (SSSR count). The van der Waals surface area contributed by atoms with E-state index in [-0.39, 0.29) is 5.41 Å². The molecule has 1 saturated carbocycles. The molecule has 0 spiro atoms. The van der Waals surface area contributed by atoms with E-state index in [0.29, 0.717) is 0 Å². The number of hydrogen-bond acceptors (Lipinski definition) is 2. The summed E-state index contributed by atoms with van der Waals surface area (Å²) in [6.45, 7) is 7.44. The number of nitrogens with zero attached hydrogens (tertiary/aromatic N) is 1. The van der Waals surface area contributed by atoms with Crippen molar-refractivity contribution >= 4 is 0 Å². The maximum atomic E-state index is 8.94. The Kier molecular flexibility index (Phi) is 5.98. The van der Waals surface area contributed by atoms with Crippen LogP contribution in [-0.4, -0.2) is 12.6 Å². The maximum Gasteiger partial charge on any atom is 0.0683 e. The van der Waals surface area contributed by atoms with E-state index < -0.39 is 0 Å². The van der Waals surface area contributed by atoms with E-state index in [0.717, 1.165) is 31.3 Å². The molecule has 98 valence electrons. The summed E-state index contributed by atoms with van der Waals surface area (Å²) in [4.78, 5) is 0. The first-order valence-corrected chi connectivity index (χ1v) is 7.22. The molecule has 1 fully saturated rings. The van der Waals surface area contributed by atoms with Gasteiger partial charge in [-0.15, -0.1) is 0 Å². The normalized spacial score (nSPS) is 25.5. The zero-order valence-corrected chi connectivity index (χ0v) is 11.8. The van der Waals surface area contributed by atoms with Crippen LogP contribution >= 0.6 is 0 Å². The highest BCUT2D eigenvalue weighted by Gasteiger charge is 2.20. The maximum absolute atomic E-state index is 8.94. The van der Waals surface area contributed by atoms with Gasteiger partial charge in [0.05, 0.1) is 11.5 Å². The molecule has 1 aliphatic rings. The van der Waals surface area contributed by atoms with Gasteiger partial charge in [0, 0.05) is 6.04 Å². The van der Waals surface area contributed by atoms with Crippen LogP contribution in [0, 0.1) is 22.7 Å². The van der Waals surface area contributed by atoms with Crippen molar-refractivity contribution in [1.29, 1.82) is 5.26 Å². The average molecular weight is 236 g/mol. The molecule has 0 saturated heterocycles. The summed E-state index contributed by atoms with van der Waals surface area (Å²) < 4.78 is 0. The molecule has 0 aromatic rings. The Hall–Kier alpha value is -0.550. The van der Waals surface area contributed by atoms with Crippen LogP contribution in [0.4, 0.5) is 0 Å². The molecule has 2 unspecified atom stereocenters. The van der Waals surface area contributed by atoms with Crippen LogP contribution in [0.15, 0.2) is 0 Å². The fourth-order valence-corrected chi connectivity index (χ4v) is 2.74. The van der Waals surface area contributed by atoms with Gasteiger partial charge in [0.15, 0.2) is 0 Å². The lowest BCUT2D eigenvalue weighted by atomic mass is 9.84. The molecule has 1 aliphatic carbocycles. The van der Waals surface area contributed by atoms with E-state index in [4.69, 9.17) is 5.26 Å². The highest BCUT2D eigenvalue weighted by Crippen LogP contribution is 2.26.